The third kappa shape index (κ3) is 2.94. The maximum absolute atomic E-state index is 2.49. The van der Waals surface area contributed by atoms with Crippen molar-refractivity contribution in [1.82, 2.24) is 0 Å². The highest BCUT2D eigenvalue weighted by molar-refractivity contribution is 6.11. The third-order valence-electron chi connectivity index (χ3n) is 7.39. The SMILES string of the molecule is Cc1cc(C)c(C)c(C2=Cc3cc(C4CCC(C)(C)C4)cc4cc[n+](C)c2c34)c1. The van der Waals surface area contributed by atoms with E-state index in [0.717, 1.165) is 0 Å². The van der Waals surface area contributed by atoms with Crippen molar-refractivity contribution in [2.75, 3.05) is 0 Å². The Morgan fingerprint density at radius 1 is 1.03 bits per heavy atom. The summed E-state index contributed by atoms with van der Waals surface area (Å²) in [6.45, 7) is 11.5. The van der Waals surface area contributed by atoms with Gasteiger partial charge in [-0.05, 0) is 90.6 Å². The first-order chi connectivity index (χ1) is 13.7. The van der Waals surface area contributed by atoms with Crippen molar-refractivity contribution in [3.8, 4) is 0 Å². The van der Waals surface area contributed by atoms with Crippen molar-refractivity contribution in [2.24, 2.45) is 12.5 Å². The van der Waals surface area contributed by atoms with Crippen molar-refractivity contribution in [3.63, 3.8) is 0 Å². The van der Waals surface area contributed by atoms with E-state index in [2.05, 4.69) is 88.8 Å². The molecule has 5 rings (SSSR count). The van der Waals surface area contributed by atoms with Crippen molar-refractivity contribution in [2.45, 2.75) is 59.8 Å². The van der Waals surface area contributed by atoms with Gasteiger partial charge in [-0.25, -0.2) is 4.57 Å². The molecular formula is C28H32N+. The van der Waals surface area contributed by atoms with Crippen molar-refractivity contribution in [3.05, 3.63) is 75.6 Å². The smallest absolute Gasteiger partial charge is 0.200 e. The first-order valence-corrected chi connectivity index (χ1v) is 11.0. The van der Waals surface area contributed by atoms with Gasteiger partial charge in [0, 0.05) is 6.07 Å². The van der Waals surface area contributed by atoms with Crippen LogP contribution in [0.15, 0.2) is 36.5 Å². The molecule has 2 aliphatic rings. The summed E-state index contributed by atoms with van der Waals surface area (Å²) in [6, 6.07) is 11.9. The van der Waals surface area contributed by atoms with Crippen LogP contribution in [0.25, 0.3) is 22.4 Å². The predicted octanol–water partition coefficient (Wildman–Crippen LogP) is 6.79. The van der Waals surface area contributed by atoms with Crippen molar-refractivity contribution in [1.29, 1.82) is 0 Å². The van der Waals surface area contributed by atoms with Gasteiger partial charge in [-0.15, -0.1) is 0 Å². The molecule has 1 saturated carbocycles. The molecule has 148 valence electrons. The summed E-state index contributed by atoms with van der Waals surface area (Å²) in [5.74, 6) is 0.698. The van der Waals surface area contributed by atoms with Crippen LogP contribution in [0.1, 0.15) is 78.1 Å². The van der Waals surface area contributed by atoms with Gasteiger partial charge >= 0.3 is 0 Å². The molecule has 0 N–H and O–H groups in total. The predicted molar refractivity (Wildman–Crippen MR) is 123 cm³/mol. The van der Waals surface area contributed by atoms with Gasteiger partial charge in [0.2, 0.25) is 5.69 Å². The average Bonchev–Trinajstić information content (AvgIpc) is 3.22. The van der Waals surface area contributed by atoms with E-state index >= 15 is 0 Å². The first kappa shape index (κ1) is 18.6. The van der Waals surface area contributed by atoms with Gasteiger partial charge in [0.15, 0.2) is 6.20 Å². The van der Waals surface area contributed by atoms with Crippen LogP contribution in [0, 0.1) is 26.2 Å². The third-order valence-corrected chi connectivity index (χ3v) is 7.39. The normalized spacial score (nSPS) is 19.8. The van der Waals surface area contributed by atoms with E-state index < -0.39 is 0 Å². The fourth-order valence-electron chi connectivity index (χ4n) is 5.70. The number of aryl methyl sites for hydroxylation is 3. The van der Waals surface area contributed by atoms with Gasteiger partial charge in [-0.1, -0.05) is 43.7 Å². The lowest BCUT2D eigenvalue weighted by atomic mass is 9.87. The van der Waals surface area contributed by atoms with Crippen LogP contribution in [-0.2, 0) is 7.05 Å². The van der Waals surface area contributed by atoms with E-state index in [1.165, 1.54) is 74.7 Å². The quantitative estimate of drug-likeness (QED) is 0.336. The lowest BCUT2D eigenvalue weighted by molar-refractivity contribution is -0.672. The Kier molecular flexibility index (Phi) is 4.04. The van der Waals surface area contributed by atoms with E-state index in [-0.39, 0.29) is 0 Å². The Labute approximate surface area is 175 Å². The molecule has 1 heteroatoms. The Hall–Kier alpha value is -2.41. The molecule has 1 heterocycles. The Morgan fingerprint density at radius 2 is 1.83 bits per heavy atom. The zero-order valence-corrected chi connectivity index (χ0v) is 18.7. The van der Waals surface area contributed by atoms with Crippen molar-refractivity contribution < 1.29 is 4.57 Å². The van der Waals surface area contributed by atoms with Crippen LogP contribution in [-0.4, -0.2) is 0 Å². The Morgan fingerprint density at radius 3 is 2.55 bits per heavy atom. The number of hydrogen-bond donors (Lipinski definition) is 0. The first-order valence-electron chi connectivity index (χ1n) is 11.0. The Bertz CT molecular complexity index is 1190. The monoisotopic (exact) mass is 382 g/mol. The van der Waals surface area contributed by atoms with Crippen LogP contribution in [0.2, 0.25) is 0 Å². The van der Waals surface area contributed by atoms with Crippen LogP contribution in [0.3, 0.4) is 0 Å². The fourth-order valence-corrected chi connectivity index (χ4v) is 5.70. The van der Waals surface area contributed by atoms with Crippen LogP contribution < -0.4 is 4.57 Å². The molecule has 2 aliphatic carbocycles. The summed E-state index contributed by atoms with van der Waals surface area (Å²) >= 11 is 0. The lowest BCUT2D eigenvalue weighted by Gasteiger charge is -2.18. The zero-order valence-electron chi connectivity index (χ0n) is 18.7. The summed E-state index contributed by atoms with van der Waals surface area (Å²) in [4.78, 5) is 0. The average molecular weight is 383 g/mol. The summed E-state index contributed by atoms with van der Waals surface area (Å²) in [5, 5.41) is 2.81. The molecule has 1 aromatic heterocycles. The van der Waals surface area contributed by atoms with E-state index in [4.69, 9.17) is 0 Å². The van der Waals surface area contributed by atoms with E-state index in [1.54, 1.807) is 0 Å². The molecular weight excluding hydrogens is 350 g/mol. The minimum Gasteiger partial charge on any atom is -0.200 e. The molecule has 1 fully saturated rings. The summed E-state index contributed by atoms with van der Waals surface area (Å²) in [6.07, 6.45) is 8.64. The number of benzene rings is 2. The van der Waals surface area contributed by atoms with Gasteiger partial charge in [-0.3, -0.25) is 0 Å². The van der Waals surface area contributed by atoms with Gasteiger partial charge in [-0.2, -0.15) is 0 Å². The largest absolute Gasteiger partial charge is 0.221 e. The van der Waals surface area contributed by atoms with E-state index in [1.807, 2.05) is 0 Å². The maximum Gasteiger partial charge on any atom is 0.221 e. The number of rotatable bonds is 2. The Balaban J connectivity index is 1.71. The van der Waals surface area contributed by atoms with Crippen molar-refractivity contribution >= 4 is 22.4 Å². The summed E-state index contributed by atoms with van der Waals surface area (Å²) in [5.41, 5.74) is 11.6. The van der Waals surface area contributed by atoms with E-state index in [9.17, 15) is 0 Å². The highest BCUT2D eigenvalue weighted by Gasteiger charge is 2.33. The second kappa shape index (κ2) is 6.29. The zero-order chi connectivity index (χ0) is 20.5. The molecule has 1 unspecified atom stereocenters. The van der Waals surface area contributed by atoms with Gasteiger partial charge in [0.25, 0.3) is 0 Å². The molecule has 1 nitrogen and oxygen atoms in total. The number of hydrogen-bond acceptors (Lipinski definition) is 0. The number of aromatic nitrogens is 1. The second-order valence-electron chi connectivity index (χ2n) is 10.3. The molecule has 0 aliphatic heterocycles. The molecule has 0 amide bonds. The lowest BCUT2D eigenvalue weighted by Crippen LogP contribution is -2.32. The molecule has 29 heavy (non-hydrogen) atoms. The standard InChI is InChI=1S/C28H32N/c1-17-11-18(2)19(3)24(12-17)25-15-23-14-22(21-7-9-28(4,5)16-21)13-20-8-10-29(6)27(25)26(20)23/h8,10-15,21H,7,9,16H2,1-6H3/q+1. The number of nitrogens with zero attached hydrogens (tertiary/aromatic N) is 1. The van der Waals surface area contributed by atoms with Gasteiger partial charge < -0.3 is 0 Å². The van der Waals surface area contributed by atoms with Crippen LogP contribution in [0.4, 0.5) is 0 Å². The van der Waals surface area contributed by atoms with Crippen LogP contribution in [0.5, 0.6) is 0 Å². The van der Waals surface area contributed by atoms with Gasteiger partial charge in [0.05, 0.1) is 11.0 Å². The minimum absolute atomic E-state index is 0.478. The highest BCUT2D eigenvalue weighted by Crippen LogP contribution is 2.48. The summed E-state index contributed by atoms with van der Waals surface area (Å²) < 4.78 is 2.31. The second-order valence-corrected chi connectivity index (χ2v) is 10.3. The van der Waals surface area contributed by atoms with Crippen LogP contribution >= 0.6 is 0 Å². The molecule has 3 aromatic rings. The highest BCUT2D eigenvalue weighted by atomic mass is 14.9. The maximum atomic E-state index is 2.49. The van der Waals surface area contributed by atoms with E-state index in [0.29, 0.717) is 11.3 Å². The molecule has 1 atom stereocenters. The minimum atomic E-state index is 0.478. The fraction of sp³-hybridized carbons (Fsp3) is 0.393. The molecule has 0 bridgehead atoms. The van der Waals surface area contributed by atoms with Gasteiger partial charge in [0.1, 0.15) is 7.05 Å². The topological polar surface area (TPSA) is 3.88 Å². The number of pyridine rings is 1. The molecule has 2 aromatic carbocycles. The molecule has 0 saturated heterocycles. The molecule has 0 spiro atoms. The molecule has 0 radical (unpaired) electrons. The summed E-state index contributed by atoms with van der Waals surface area (Å²) in [7, 11) is 2.18.